The van der Waals surface area contributed by atoms with Crippen molar-refractivity contribution in [1.82, 2.24) is 0 Å². The summed E-state index contributed by atoms with van der Waals surface area (Å²) in [5.74, 6) is 0. The summed E-state index contributed by atoms with van der Waals surface area (Å²) in [4.78, 5) is 0. The zero-order chi connectivity index (χ0) is 6.74. The molecule has 0 aromatic heterocycles. The van der Waals surface area contributed by atoms with Gasteiger partial charge in [0.15, 0.2) is 0 Å². The average molecular weight is 124 g/mol. The van der Waals surface area contributed by atoms with Gasteiger partial charge in [-0.25, -0.2) is 0 Å². The van der Waals surface area contributed by atoms with Crippen LogP contribution in [0.1, 0.15) is 39.5 Å². The smallest absolute Gasteiger partial charge is 0.0175 e. The molecule has 0 saturated heterocycles. The molecule has 0 N–H and O–H groups in total. The lowest BCUT2D eigenvalue weighted by Gasteiger charge is -2.17. The van der Waals surface area contributed by atoms with E-state index in [0.29, 0.717) is 5.41 Å². The minimum absolute atomic E-state index is 0.483. The molecule has 0 heteroatoms. The van der Waals surface area contributed by atoms with E-state index in [1.807, 2.05) is 0 Å². The van der Waals surface area contributed by atoms with E-state index in [4.69, 9.17) is 0 Å². The predicted octanol–water partition coefficient (Wildman–Crippen LogP) is 3.14. The van der Waals surface area contributed by atoms with Gasteiger partial charge in [-0.15, -0.1) is 0 Å². The van der Waals surface area contributed by atoms with Crippen LogP contribution in [0, 0.1) is 5.41 Å². The molecular formula is C9H16. The van der Waals surface area contributed by atoms with Crippen molar-refractivity contribution >= 4 is 0 Å². The van der Waals surface area contributed by atoms with Crippen LogP contribution in [-0.4, -0.2) is 0 Å². The molecule has 0 aromatic rings. The average Bonchev–Trinajstić information content (AvgIpc) is 1.92. The summed E-state index contributed by atoms with van der Waals surface area (Å²) >= 11 is 0. The van der Waals surface area contributed by atoms with Crippen molar-refractivity contribution in [3.05, 3.63) is 12.2 Å². The van der Waals surface area contributed by atoms with Gasteiger partial charge in [-0.05, 0) is 24.7 Å². The second-order valence-electron chi connectivity index (χ2n) is 3.64. The molecule has 0 heterocycles. The van der Waals surface area contributed by atoms with Gasteiger partial charge in [-0.1, -0.05) is 32.4 Å². The summed E-state index contributed by atoms with van der Waals surface area (Å²) in [6.07, 6.45) is 10.1. The molecule has 0 spiro atoms. The molecule has 0 radical (unpaired) electrons. The summed E-state index contributed by atoms with van der Waals surface area (Å²) in [6.45, 7) is 4.63. The SMILES string of the molecule is CC1(C)C=CCCCC1. The van der Waals surface area contributed by atoms with Crippen molar-refractivity contribution in [3.8, 4) is 0 Å². The lowest BCUT2D eigenvalue weighted by atomic mass is 9.89. The quantitative estimate of drug-likeness (QED) is 0.435. The summed E-state index contributed by atoms with van der Waals surface area (Å²) in [5.41, 5.74) is 0.483. The van der Waals surface area contributed by atoms with Crippen LogP contribution >= 0.6 is 0 Å². The second kappa shape index (κ2) is 2.55. The highest BCUT2D eigenvalue weighted by Crippen LogP contribution is 2.28. The lowest BCUT2D eigenvalue weighted by Crippen LogP contribution is -2.04. The van der Waals surface area contributed by atoms with E-state index in [9.17, 15) is 0 Å². The van der Waals surface area contributed by atoms with Gasteiger partial charge in [0.05, 0.1) is 0 Å². The van der Waals surface area contributed by atoms with Crippen LogP contribution in [-0.2, 0) is 0 Å². The highest BCUT2D eigenvalue weighted by Gasteiger charge is 2.13. The molecule has 0 saturated carbocycles. The number of allylic oxidation sites excluding steroid dienone is 2. The fourth-order valence-corrected chi connectivity index (χ4v) is 1.33. The maximum absolute atomic E-state index is 2.36. The van der Waals surface area contributed by atoms with E-state index < -0.39 is 0 Å². The van der Waals surface area contributed by atoms with Crippen LogP contribution in [0.25, 0.3) is 0 Å². The molecule has 0 nitrogen and oxygen atoms in total. The van der Waals surface area contributed by atoms with Crippen LogP contribution in [0.3, 0.4) is 0 Å². The molecule has 0 unspecified atom stereocenters. The van der Waals surface area contributed by atoms with Gasteiger partial charge in [0.25, 0.3) is 0 Å². The van der Waals surface area contributed by atoms with Crippen molar-refractivity contribution in [3.63, 3.8) is 0 Å². The zero-order valence-electron chi connectivity index (χ0n) is 6.48. The molecule has 0 aliphatic heterocycles. The Morgan fingerprint density at radius 2 is 2.00 bits per heavy atom. The van der Waals surface area contributed by atoms with Gasteiger partial charge in [-0.3, -0.25) is 0 Å². The fraction of sp³-hybridized carbons (Fsp3) is 0.778. The molecule has 1 rings (SSSR count). The summed E-state index contributed by atoms with van der Waals surface area (Å²) in [7, 11) is 0. The van der Waals surface area contributed by atoms with Crippen LogP contribution in [0.4, 0.5) is 0 Å². The van der Waals surface area contributed by atoms with Crippen molar-refractivity contribution in [2.24, 2.45) is 5.41 Å². The fourth-order valence-electron chi connectivity index (χ4n) is 1.33. The van der Waals surface area contributed by atoms with Gasteiger partial charge in [0, 0.05) is 0 Å². The van der Waals surface area contributed by atoms with Crippen LogP contribution in [0.5, 0.6) is 0 Å². The van der Waals surface area contributed by atoms with Crippen molar-refractivity contribution in [2.45, 2.75) is 39.5 Å². The van der Waals surface area contributed by atoms with Crippen LogP contribution < -0.4 is 0 Å². The second-order valence-corrected chi connectivity index (χ2v) is 3.64. The first-order valence-corrected chi connectivity index (χ1v) is 3.88. The normalized spacial score (nSPS) is 25.6. The number of hydrogen-bond acceptors (Lipinski definition) is 0. The first-order chi connectivity index (χ1) is 4.21. The largest absolute Gasteiger partial charge is 0.0880 e. The van der Waals surface area contributed by atoms with E-state index in [-0.39, 0.29) is 0 Å². The zero-order valence-corrected chi connectivity index (χ0v) is 6.48. The summed E-state index contributed by atoms with van der Waals surface area (Å²) in [6, 6.07) is 0. The van der Waals surface area contributed by atoms with E-state index in [2.05, 4.69) is 26.0 Å². The van der Waals surface area contributed by atoms with Crippen molar-refractivity contribution in [1.29, 1.82) is 0 Å². The van der Waals surface area contributed by atoms with E-state index in [0.717, 1.165) is 0 Å². The van der Waals surface area contributed by atoms with Gasteiger partial charge < -0.3 is 0 Å². The molecule has 1 aliphatic carbocycles. The van der Waals surface area contributed by atoms with E-state index in [1.54, 1.807) is 0 Å². The highest BCUT2D eigenvalue weighted by atomic mass is 14.2. The van der Waals surface area contributed by atoms with Crippen LogP contribution in [0.15, 0.2) is 12.2 Å². The summed E-state index contributed by atoms with van der Waals surface area (Å²) < 4.78 is 0. The minimum atomic E-state index is 0.483. The number of rotatable bonds is 0. The van der Waals surface area contributed by atoms with Crippen molar-refractivity contribution < 1.29 is 0 Å². The minimum Gasteiger partial charge on any atom is -0.0880 e. The Bertz CT molecular complexity index is 109. The van der Waals surface area contributed by atoms with Crippen LogP contribution in [0.2, 0.25) is 0 Å². The molecular weight excluding hydrogens is 108 g/mol. The first kappa shape index (κ1) is 6.85. The molecule has 1 aliphatic rings. The van der Waals surface area contributed by atoms with E-state index in [1.165, 1.54) is 25.7 Å². The molecule has 9 heavy (non-hydrogen) atoms. The Hall–Kier alpha value is -0.260. The Kier molecular flexibility index (Phi) is 1.94. The maximum atomic E-state index is 2.36. The van der Waals surface area contributed by atoms with Gasteiger partial charge in [0.1, 0.15) is 0 Å². The van der Waals surface area contributed by atoms with E-state index >= 15 is 0 Å². The van der Waals surface area contributed by atoms with Crippen molar-refractivity contribution in [2.75, 3.05) is 0 Å². The lowest BCUT2D eigenvalue weighted by molar-refractivity contribution is 0.426. The monoisotopic (exact) mass is 124 g/mol. The Morgan fingerprint density at radius 1 is 1.22 bits per heavy atom. The van der Waals surface area contributed by atoms with Gasteiger partial charge in [-0.2, -0.15) is 0 Å². The Labute approximate surface area is 58.0 Å². The molecule has 0 fully saturated rings. The highest BCUT2D eigenvalue weighted by molar-refractivity contribution is 4.96. The Morgan fingerprint density at radius 3 is 2.78 bits per heavy atom. The molecule has 0 amide bonds. The first-order valence-electron chi connectivity index (χ1n) is 3.88. The third kappa shape index (κ3) is 2.21. The molecule has 0 aromatic carbocycles. The molecule has 0 atom stereocenters. The summed E-state index contributed by atoms with van der Waals surface area (Å²) in [5, 5.41) is 0. The third-order valence-electron chi connectivity index (χ3n) is 2.01. The Balaban J connectivity index is 2.52. The van der Waals surface area contributed by atoms with Gasteiger partial charge in [0.2, 0.25) is 0 Å². The number of hydrogen-bond donors (Lipinski definition) is 0. The topological polar surface area (TPSA) is 0 Å². The third-order valence-corrected chi connectivity index (χ3v) is 2.01. The molecule has 52 valence electrons. The maximum Gasteiger partial charge on any atom is -0.0175 e. The molecule has 0 bridgehead atoms. The standard InChI is InChI=1S/C9H16/c1-9(2)7-5-3-4-6-8-9/h5,7H,3-4,6,8H2,1-2H3. The predicted molar refractivity (Wildman–Crippen MR) is 41.4 cm³/mol. The van der Waals surface area contributed by atoms with Gasteiger partial charge >= 0.3 is 0 Å².